The predicted molar refractivity (Wildman–Crippen MR) is 75.6 cm³/mol. The monoisotopic (exact) mass is 274 g/mol. The number of benzene rings is 1. The molecular formula is C13H18N6O. The fourth-order valence-corrected chi connectivity index (χ4v) is 1.68. The molecule has 1 aromatic heterocycles. The lowest BCUT2D eigenvalue weighted by Gasteiger charge is -2.07. The van der Waals surface area contributed by atoms with Gasteiger partial charge in [-0.05, 0) is 29.0 Å². The van der Waals surface area contributed by atoms with Crippen molar-refractivity contribution in [1.82, 2.24) is 25.5 Å². The molecule has 0 aliphatic carbocycles. The molecule has 0 bridgehead atoms. The predicted octanol–water partition coefficient (Wildman–Crippen LogP) is 0.990. The first-order valence-electron chi connectivity index (χ1n) is 6.65. The Morgan fingerprint density at radius 2 is 2.05 bits per heavy atom. The van der Waals surface area contributed by atoms with Gasteiger partial charge in [-0.15, -0.1) is 0 Å². The Morgan fingerprint density at radius 1 is 1.25 bits per heavy atom. The average Bonchev–Trinajstić information content (AvgIpc) is 2.94. The summed E-state index contributed by atoms with van der Waals surface area (Å²) in [5.74, 6) is 0.553. The smallest absolute Gasteiger partial charge is 0.247 e. The van der Waals surface area contributed by atoms with Crippen molar-refractivity contribution in [2.45, 2.75) is 19.8 Å². The number of nitrogens with zero attached hydrogens (tertiary/aromatic N) is 4. The standard InChI is InChI=1S/C13H18N6O/c1-2-9-14-12(20)8-10-15-13-16-17-18-19(13)11-6-4-3-5-7-11/h3-7H,2,8-10H2,1H3,(H,14,20)(H,15,16,18). The van der Waals surface area contributed by atoms with E-state index in [2.05, 4.69) is 26.2 Å². The molecule has 0 unspecified atom stereocenters. The van der Waals surface area contributed by atoms with Crippen molar-refractivity contribution in [3.63, 3.8) is 0 Å². The highest BCUT2D eigenvalue weighted by atomic mass is 16.1. The highest BCUT2D eigenvalue weighted by Crippen LogP contribution is 2.10. The lowest BCUT2D eigenvalue weighted by atomic mass is 10.3. The van der Waals surface area contributed by atoms with Gasteiger partial charge in [0, 0.05) is 19.5 Å². The summed E-state index contributed by atoms with van der Waals surface area (Å²) in [6.45, 7) is 3.22. The third-order valence-corrected chi connectivity index (χ3v) is 2.68. The molecule has 2 rings (SSSR count). The molecular weight excluding hydrogens is 256 g/mol. The van der Waals surface area contributed by atoms with Crippen molar-refractivity contribution in [1.29, 1.82) is 0 Å². The molecule has 0 saturated heterocycles. The molecule has 0 saturated carbocycles. The zero-order valence-electron chi connectivity index (χ0n) is 11.4. The molecule has 0 atom stereocenters. The summed E-state index contributed by atoms with van der Waals surface area (Å²) < 4.78 is 1.60. The number of anilines is 1. The molecule has 106 valence electrons. The van der Waals surface area contributed by atoms with Gasteiger partial charge < -0.3 is 10.6 Å². The Labute approximate surface area is 117 Å². The zero-order chi connectivity index (χ0) is 14.2. The van der Waals surface area contributed by atoms with E-state index < -0.39 is 0 Å². The van der Waals surface area contributed by atoms with Crippen molar-refractivity contribution >= 4 is 11.9 Å². The molecule has 1 aromatic carbocycles. The number of aromatic nitrogens is 4. The first-order chi connectivity index (χ1) is 9.81. The van der Waals surface area contributed by atoms with Crippen LogP contribution in [0.25, 0.3) is 5.69 Å². The number of rotatable bonds is 7. The Morgan fingerprint density at radius 3 is 2.80 bits per heavy atom. The molecule has 0 aliphatic heterocycles. The second-order valence-electron chi connectivity index (χ2n) is 4.28. The molecule has 0 radical (unpaired) electrons. The van der Waals surface area contributed by atoms with Gasteiger partial charge in [-0.25, -0.2) is 0 Å². The molecule has 2 aromatic rings. The minimum absolute atomic E-state index is 0.0260. The summed E-state index contributed by atoms with van der Waals surface area (Å²) in [6.07, 6.45) is 1.33. The van der Waals surface area contributed by atoms with E-state index in [-0.39, 0.29) is 5.91 Å². The Balaban J connectivity index is 1.89. The van der Waals surface area contributed by atoms with E-state index in [1.165, 1.54) is 0 Å². The van der Waals surface area contributed by atoms with Gasteiger partial charge in [0.05, 0.1) is 5.69 Å². The lowest BCUT2D eigenvalue weighted by molar-refractivity contribution is -0.120. The average molecular weight is 274 g/mol. The van der Waals surface area contributed by atoms with Gasteiger partial charge in [-0.2, -0.15) is 4.68 Å². The topological polar surface area (TPSA) is 84.7 Å². The number of hydrogen-bond acceptors (Lipinski definition) is 5. The summed E-state index contributed by atoms with van der Waals surface area (Å²) >= 11 is 0. The van der Waals surface area contributed by atoms with E-state index >= 15 is 0 Å². The number of hydrogen-bond donors (Lipinski definition) is 2. The van der Waals surface area contributed by atoms with Gasteiger partial charge in [0.1, 0.15) is 0 Å². The maximum Gasteiger partial charge on any atom is 0.247 e. The van der Waals surface area contributed by atoms with Crippen molar-refractivity contribution in [2.24, 2.45) is 0 Å². The van der Waals surface area contributed by atoms with Crippen LogP contribution in [0, 0.1) is 0 Å². The van der Waals surface area contributed by atoms with Crippen molar-refractivity contribution in [3.8, 4) is 5.69 Å². The van der Waals surface area contributed by atoms with Gasteiger partial charge in [-0.3, -0.25) is 4.79 Å². The molecule has 7 nitrogen and oxygen atoms in total. The van der Waals surface area contributed by atoms with Crippen molar-refractivity contribution in [2.75, 3.05) is 18.4 Å². The maximum absolute atomic E-state index is 11.5. The van der Waals surface area contributed by atoms with E-state index in [0.29, 0.717) is 25.5 Å². The second kappa shape index (κ2) is 7.22. The van der Waals surface area contributed by atoms with Crippen LogP contribution in [0.5, 0.6) is 0 Å². The number of amides is 1. The summed E-state index contributed by atoms with van der Waals surface area (Å²) in [5, 5.41) is 17.4. The molecule has 7 heteroatoms. The molecule has 1 heterocycles. The highest BCUT2D eigenvalue weighted by molar-refractivity contribution is 5.76. The van der Waals surface area contributed by atoms with Crippen LogP contribution >= 0.6 is 0 Å². The summed E-state index contributed by atoms with van der Waals surface area (Å²) in [4.78, 5) is 11.5. The minimum Gasteiger partial charge on any atom is -0.356 e. The summed E-state index contributed by atoms with van der Waals surface area (Å²) in [6, 6.07) is 9.59. The second-order valence-corrected chi connectivity index (χ2v) is 4.28. The van der Waals surface area contributed by atoms with Crippen LogP contribution in [0.2, 0.25) is 0 Å². The number of carbonyl (C=O) groups is 1. The van der Waals surface area contributed by atoms with E-state index in [4.69, 9.17) is 0 Å². The third kappa shape index (κ3) is 3.78. The number of carbonyl (C=O) groups excluding carboxylic acids is 1. The lowest BCUT2D eigenvalue weighted by Crippen LogP contribution is -2.26. The molecule has 0 spiro atoms. The van der Waals surface area contributed by atoms with Crippen molar-refractivity contribution in [3.05, 3.63) is 30.3 Å². The van der Waals surface area contributed by atoms with E-state index in [0.717, 1.165) is 12.1 Å². The van der Waals surface area contributed by atoms with Crippen LogP contribution in [0.15, 0.2) is 30.3 Å². The quantitative estimate of drug-likeness (QED) is 0.786. The van der Waals surface area contributed by atoms with Crippen LogP contribution in [-0.2, 0) is 4.79 Å². The van der Waals surface area contributed by atoms with Gasteiger partial charge in [0.25, 0.3) is 0 Å². The van der Waals surface area contributed by atoms with Gasteiger partial charge in [-0.1, -0.05) is 30.2 Å². The minimum atomic E-state index is 0.0260. The Kier molecular flexibility index (Phi) is 5.05. The van der Waals surface area contributed by atoms with Crippen LogP contribution in [0.4, 0.5) is 5.95 Å². The highest BCUT2D eigenvalue weighted by Gasteiger charge is 2.07. The Hall–Kier alpha value is -2.44. The van der Waals surface area contributed by atoms with Crippen LogP contribution in [-0.4, -0.2) is 39.2 Å². The molecule has 2 N–H and O–H groups in total. The van der Waals surface area contributed by atoms with Gasteiger partial charge in [0.15, 0.2) is 0 Å². The van der Waals surface area contributed by atoms with Crippen LogP contribution in [0.3, 0.4) is 0 Å². The molecule has 0 aliphatic rings. The molecule has 20 heavy (non-hydrogen) atoms. The normalized spacial score (nSPS) is 10.2. The number of tetrazole rings is 1. The zero-order valence-corrected chi connectivity index (χ0v) is 11.4. The fraction of sp³-hybridized carbons (Fsp3) is 0.385. The molecule has 1 amide bonds. The molecule has 0 fully saturated rings. The van der Waals surface area contributed by atoms with Gasteiger partial charge >= 0.3 is 0 Å². The van der Waals surface area contributed by atoms with Gasteiger partial charge in [0.2, 0.25) is 11.9 Å². The third-order valence-electron chi connectivity index (χ3n) is 2.68. The Bertz CT molecular complexity index is 539. The van der Waals surface area contributed by atoms with E-state index in [1.807, 2.05) is 37.3 Å². The number of nitrogens with one attached hydrogen (secondary N) is 2. The van der Waals surface area contributed by atoms with Crippen LogP contribution in [0.1, 0.15) is 19.8 Å². The first kappa shape index (κ1) is 14.0. The SMILES string of the molecule is CCCNC(=O)CCNc1nnnn1-c1ccccc1. The van der Waals surface area contributed by atoms with Crippen LogP contribution < -0.4 is 10.6 Å². The maximum atomic E-state index is 11.5. The van der Waals surface area contributed by atoms with Crippen molar-refractivity contribution < 1.29 is 4.79 Å². The summed E-state index contributed by atoms with van der Waals surface area (Å²) in [7, 11) is 0. The largest absolute Gasteiger partial charge is 0.356 e. The van der Waals surface area contributed by atoms with E-state index in [1.54, 1.807) is 4.68 Å². The van der Waals surface area contributed by atoms with E-state index in [9.17, 15) is 4.79 Å². The number of para-hydroxylation sites is 1. The fourth-order valence-electron chi connectivity index (χ4n) is 1.68. The first-order valence-corrected chi connectivity index (χ1v) is 6.65. The summed E-state index contributed by atoms with van der Waals surface area (Å²) in [5.41, 5.74) is 0.871.